The molecule has 0 radical (unpaired) electrons. The van der Waals surface area contributed by atoms with Crippen LogP contribution in [-0.2, 0) is 0 Å². The van der Waals surface area contributed by atoms with Crippen LogP contribution in [0, 0.1) is 5.41 Å². The Balaban J connectivity index is 3.24. The van der Waals surface area contributed by atoms with Gasteiger partial charge in [-0.2, -0.15) is 0 Å². The lowest BCUT2D eigenvalue weighted by molar-refractivity contribution is 0.0858. The van der Waals surface area contributed by atoms with Crippen LogP contribution in [0.2, 0.25) is 0 Å². The summed E-state index contributed by atoms with van der Waals surface area (Å²) in [4.78, 5) is 12.2. The maximum atomic E-state index is 12.2. The highest BCUT2D eigenvalue weighted by molar-refractivity contribution is 6.02. The Labute approximate surface area is 98.2 Å². The number of carbonyl (C=O) groups is 1. The number of ketones is 1. The molecule has 16 heavy (non-hydrogen) atoms. The van der Waals surface area contributed by atoms with Crippen LogP contribution < -0.4 is 0 Å². The van der Waals surface area contributed by atoms with E-state index in [9.17, 15) is 4.79 Å². The second-order valence-electron chi connectivity index (χ2n) is 5.39. The van der Waals surface area contributed by atoms with Crippen molar-refractivity contribution in [3.63, 3.8) is 0 Å². The molecule has 0 aliphatic carbocycles. The summed E-state index contributed by atoms with van der Waals surface area (Å²) in [7, 11) is 0. The molecule has 0 aliphatic rings. The molecule has 0 atom stereocenters. The van der Waals surface area contributed by atoms with Crippen LogP contribution in [0.3, 0.4) is 0 Å². The minimum absolute atomic E-state index is 0.195. The second kappa shape index (κ2) is 4.65. The van der Waals surface area contributed by atoms with Gasteiger partial charge >= 0.3 is 0 Å². The van der Waals surface area contributed by atoms with E-state index < -0.39 is 0 Å². The average Bonchev–Trinajstić information content (AvgIpc) is 2.15. The van der Waals surface area contributed by atoms with Crippen LogP contribution in [0.15, 0.2) is 29.8 Å². The Bertz CT molecular complexity index is 415. The van der Waals surface area contributed by atoms with E-state index in [1.807, 2.05) is 58.9 Å². The molecule has 0 unspecified atom stereocenters. The molecule has 0 saturated carbocycles. The third-order valence-corrected chi connectivity index (χ3v) is 2.33. The van der Waals surface area contributed by atoms with E-state index in [2.05, 4.69) is 6.08 Å². The van der Waals surface area contributed by atoms with Crippen molar-refractivity contribution in [2.24, 2.45) is 5.41 Å². The van der Waals surface area contributed by atoms with E-state index >= 15 is 0 Å². The number of rotatable bonds is 2. The smallest absolute Gasteiger partial charge is 0.168 e. The lowest BCUT2D eigenvalue weighted by Crippen LogP contribution is -2.21. The maximum absolute atomic E-state index is 12.2. The van der Waals surface area contributed by atoms with Gasteiger partial charge in [-0.1, -0.05) is 56.7 Å². The summed E-state index contributed by atoms with van der Waals surface area (Å²) in [6.45, 7) is 9.94. The van der Waals surface area contributed by atoms with Crippen molar-refractivity contribution in [1.29, 1.82) is 0 Å². The lowest BCUT2D eigenvalue weighted by atomic mass is 9.84. The van der Waals surface area contributed by atoms with Gasteiger partial charge in [-0.15, -0.1) is 0 Å². The van der Waals surface area contributed by atoms with Gasteiger partial charge in [-0.05, 0) is 19.4 Å². The largest absolute Gasteiger partial charge is 0.294 e. The van der Waals surface area contributed by atoms with Crippen molar-refractivity contribution in [2.75, 3.05) is 0 Å². The zero-order valence-corrected chi connectivity index (χ0v) is 10.8. The van der Waals surface area contributed by atoms with E-state index in [0.717, 1.165) is 11.1 Å². The van der Waals surface area contributed by atoms with E-state index in [1.165, 1.54) is 5.57 Å². The molecule has 1 heteroatoms. The predicted octanol–water partition coefficient (Wildman–Crippen LogP) is 4.34. The van der Waals surface area contributed by atoms with Gasteiger partial charge in [0, 0.05) is 11.0 Å². The molecule has 0 heterocycles. The molecule has 0 bridgehead atoms. The molecule has 1 rings (SSSR count). The Kier molecular flexibility index (Phi) is 3.69. The van der Waals surface area contributed by atoms with Crippen LogP contribution in [0.5, 0.6) is 0 Å². The fraction of sp³-hybridized carbons (Fsp3) is 0.400. The van der Waals surface area contributed by atoms with E-state index in [4.69, 9.17) is 0 Å². The second-order valence-corrected chi connectivity index (χ2v) is 5.39. The topological polar surface area (TPSA) is 17.1 Å². The fourth-order valence-electron chi connectivity index (χ4n) is 1.54. The van der Waals surface area contributed by atoms with Crippen molar-refractivity contribution < 1.29 is 4.79 Å². The molecule has 1 aromatic rings. The van der Waals surface area contributed by atoms with Crippen LogP contribution in [0.1, 0.15) is 50.5 Å². The number of allylic oxidation sites excluding steroid dienone is 1. The Hall–Kier alpha value is -1.37. The first-order chi connectivity index (χ1) is 7.32. The number of hydrogen-bond donors (Lipinski definition) is 0. The first-order valence-corrected chi connectivity index (χ1v) is 5.61. The van der Waals surface area contributed by atoms with E-state index in [-0.39, 0.29) is 11.2 Å². The highest BCUT2D eigenvalue weighted by Gasteiger charge is 2.24. The van der Waals surface area contributed by atoms with Crippen molar-refractivity contribution in [3.8, 4) is 0 Å². The molecule has 0 amide bonds. The third-order valence-electron chi connectivity index (χ3n) is 2.33. The Morgan fingerprint density at radius 3 is 2.19 bits per heavy atom. The summed E-state index contributed by atoms with van der Waals surface area (Å²) >= 11 is 0. The summed E-state index contributed by atoms with van der Waals surface area (Å²) < 4.78 is 0. The normalized spacial score (nSPS) is 11.1. The molecular weight excluding hydrogens is 196 g/mol. The number of carbonyl (C=O) groups excluding carboxylic acids is 1. The molecule has 0 aliphatic heterocycles. The van der Waals surface area contributed by atoms with Gasteiger partial charge < -0.3 is 0 Å². The highest BCUT2D eigenvalue weighted by atomic mass is 16.1. The highest BCUT2D eigenvalue weighted by Crippen LogP contribution is 2.24. The van der Waals surface area contributed by atoms with Crippen LogP contribution in [0.4, 0.5) is 0 Å². The average molecular weight is 216 g/mol. The van der Waals surface area contributed by atoms with Gasteiger partial charge in [0.15, 0.2) is 5.78 Å². The summed E-state index contributed by atoms with van der Waals surface area (Å²) in [6, 6.07) is 7.78. The van der Waals surface area contributed by atoms with Crippen LogP contribution in [-0.4, -0.2) is 5.78 Å². The molecule has 0 N–H and O–H groups in total. The molecule has 1 nitrogen and oxygen atoms in total. The Morgan fingerprint density at radius 2 is 1.69 bits per heavy atom. The number of Topliss-reactive ketones (excluding diaryl/α,β-unsaturated/α-hetero) is 1. The summed E-state index contributed by atoms with van der Waals surface area (Å²) in [5.41, 5.74) is 2.71. The molecular formula is C15H20O. The summed E-state index contributed by atoms with van der Waals surface area (Å²) in [6.07, 6.45) is 2.05. The summed E-state index contributed by atoms with van der Waals surface area (Å²) in [5, 5.41) is 0. The molecule has 0 aromatic heterocycles. The first kappa shape index (κ1) is 12.7. The maximum Gasteiger partial charge on any atom is 0.168 e. The molecule has 0 saturated heterocycles. The zero-order chi connectivity index (χ0) is 12.3. The minimum Gasteiger partial charge on any atom is -0.294 e. The molecule has 0 spiro atoms. The number of hydrogen-bond acceptors (Lipinski definition) is 1. The minimum atomic E-state index is -0.328. The van der Waals surface area contributed by atoms with E-state index in [1.54, 1.807) is 0 Å². The number of benzene rings is 1. The third kappa shape index (κ3) is 3.06. The first-order valence-electron chi connectivity index (χ1n) is 5.61. The molecule has 0 fully saturated rings. The van der Waals surface area contributed by atoms with Crippen LogP contribution >= 0.6 is 0 Å². The monoisotopic (exact) mass is 216 g/mol. The van der Waals surface area contributed by atoms with Gasteiger partial charge in [-0.3, -0.25) is 4.79 Å². The summed E-state index contributed by atoms with van der Waals surface area (Å²) in [5.74, 6) is 0.195. The van der Waals surface area contributed by atoms with Gasteiger partial charge in [-0.25, -0.2) is 0 Å². The van der Waals surface area contributed by atoms with Gasteiger partial charge in [0.2, 0.25) is 0 Å². The fourth-order valence-corrected chi connectivity index (χ4v) is 1.54. The molecule has 1 aromatic carbocycles. The lowest BCUT2D eigenvalue weighted by Gasteiger charge is -2.18. The van der Waals surface area contributed by atoms with Crippen molar-refractivity contribution in [1.82, 2.24) is 0 Å². The SMILES string of the molecule is CC(C)=Cc1ccccc1C(=O)C(C)(C)C. The van der Waals surface area contributed by atoms with Gasteiger partial charge in [0.25, 0.3) is 0 Å². The van der Waals surface area contributed by atoms with Crippen molar-refractivity contribution in [3.05, 3.63) is 41.0 Å². The van der Waals surface area contributed by atoms with Crippen LogP contribution in [0.25, 0.3) is 6.08 Å². The predicted molar refractivity (Wildman–Crippen MR) is 69.6 cm³/mol. The standard InChI is InChI=1S/C15H20O/c1-11(2)10-12-8-6-7-9-13(12)14(16)15(3,4)5/h6-10H,1-5H3. The molecule has 86 valence electrons. The Morgan fingerprint density at radius 1 is 1.12 bits per heavy atom. The van der Waals surface area contributed by atoms with Gasteiger partial charge in [0.05, 0.1) is 0 Å². The zero-order valence-electron chi connectivity index (χ0n) is 10.8. The van der Waals surface area contributed by atoms with Crippen molar-refractivity contribution >= 4 is 11.9 Å². The quantitative estimate of drug-likeness (QED) is 0.672. The van der Waals surface area contributed by atoms with Gasteiger partial charge in [0.1, 0.15) is 0 Å². The van der Waals surface area contributed by atoms with E-state index in [0.29, 0.717) is 0 Å². The van der Waals surface area contributed by atoms with Crippen molar-refractivity contribution in [2.45, 2.75) is 34.6 Å².